The second-order valence-corrected chi connectivity index (χ2v) is 2.96. The lowest BCUT2D eigenvalue weighted by atomic mass is 10.2. The molecule has 0 radical (unpaired) electrons. The zero-order valence-electron chi connectivity index (χ0n) is 8.77. The molecule has 3 heteroatoms. The van der Waals surface area contributed by atoms with E-state index in [0.717, 1.165) is 24.5 Å². The lowest BCUT2D eigenvalue weighted by Gasteiger charge is -2.18. The molecule has 0 atom stereocenters. The molecule has 0 amide bonds. The van der Waals surface area contributed by atoms with Gasteiger partial charge in [-0.25, -0.2) is 0 Å². The molecule has 0 aromatic heterocycles. The fourth-order valence-electron chi connectivity index (χ4n) is 1.24. The maximum absolute atomic E-state index is 5.87. The van der Waals surface area contributed by atoms with Gasteiger partial charge in [0.05, 0.1) is 17.7 Å². The van der Waals surface area contributed by atoms with Crippen molar-refractivity contribution in [2.75, 3.05) is 23.7 Å². The van der Waals surface area contributed by atoms with Crippen molar-refractivity contribution >= 4 is 17.7 Å². The summed E-state index contributed by atoms with van der Waals surface area (Å²) in [5.74, 6) is 0. The molecule has 2 N–H and O–H groups in total. The number of nitrogen functional groups attached to an aromatic ring is 1. The molecule has 0 saturated heterocycles. The molecular formula is C11H17N3. The first kappa shape index (κ1) is 10.6. The van der Waals surface area contributed by atoms with Crippen LogP contribution >= 0.6 is 0 Å². The molecule has 0 aliphatic rings. The molecule has 1 aromatic carbocycles. The van der Waals surface area contributed by atoms with Gasteiger partial charge in [-0.3, -0.25) is 4.99 Å². The molecule has 0 spiro atoms. The molecule has 0 saturated carbocycles. The van der Waals surface area contributed by atoms with Crippen LogP contribution in [0.5, 0.6) is 0 Å². The number of aliphatic imine (C=N–C) groups is 1. The van der Waals surface area contributed by atoms with Gasteiger partial charge in [0.25, 0.3) is 0 Å². The molecule has 3 nitrogen and oxygen atoms in total. The summed E-state index contributed by atoms with van der Waals surface area (Å²) >= 11 is 0. The molecule has 0 aliphatic carbocycles. The van der Waals surface area contributed by atoms with E-state index in [4.69, 9.17) is 5.73 Å². The highest BCUT2D eigenvalue weighted by Crippen LogP contribution is 2.20. The van der Waals surface area contributed by atoms with Crippen molar-refractivity contribution in [1.82, 2.24) is 0 Å². The number of nitrogens with two attached hydrogens (primary N) is 1. The monoisotopic (exact) mass is 191 g/mol. The second-order valence-electron chi connectivity index (χ2n) is 2.96. The maximum Gasteiger partial charge on any atom is 0.0894 e. The zero-order valence-corrected chi connectivity index (χ0v) is 8.77. The fourth-order valence-corrected chi connectivity index (χ4v) is 1.24. The summed E-state index contributed by atoms with van der Waals surface area (Å²) in [5, 5.41) is 0. The Morgan fingerprint density at radius 3 is 2.64 bits per heavy atom. The van der Waals surface area contributed by atoms with Crippen LogP contribution in [0.25, 0.3) is 0 Å². The summed E-state index contributed by atoms with van der Waals surface area (Å²) in [6.07, 6.45) is 1.84. The Kier molecular flexibility index (Phi) is 3.98. The van der Waals surface area contributed by atoms with Crippen molar-refractivity contribution < 1.29 is 0 Å². The summed E-state index contributed by atoms with van der Waals surface area (Å²) in [6, 6.07) is 7.82. The van der Waals surface area contributed by atoms with E-state index in [1.54, 1.807) is 0 Å². The molecule has 1 rings (SSSR count). The van der Waals surface area contributed by atoms with Gasteiger partial charge in [0.1, 0.15) is 0 Å². The Balaban J connectivity index is 2.89. The van der Waals surface area contributed by atoms with Crippen LogP contribution in [0.1, 0.15) is 13.8 Å². The van der Waals surface area contributed by atoms with Crippen LogP contribution in [0.15, 0.2) is 29.3 Å². The number of rotatable bonds is 4. The molecule has 0 heterocycles. The molecule has 0 aliphatic heterocycles. The third-order valence-corrected chi connectivity index (χ3v) is 1.99. The van der Waals surface area contributed by atoms with Gasteiger partial charge < -0.3 is 10.6 Å². The summed E-state index contributed by atoms with van der Waals surface area (Å²) < 4.78 is 0. The third kappa shape index (κ3) is 2.49. The van der Waals surface area contributed by atoms with Crippen molar-refractivity contribution in [2.24, 2.45) is 4.99 Å². The first-order chi connectivity index (χ1) is 6.79. The van der Waals surface area contributed by atoms with Crippen LogP contribution in [0.3, 0.4) is 0 Å². The Morgan fingerprint density at radius 1 is 1.36 bits per heavy atom. The molecule has 1 aromatic rings. The zero-order chi connectivity index (χ0) is 10.4. The first-order valence-electron chi connectivity index (χ1n) is 4.90. The van der Waals surface area contributed by atoms with Crippen molar-refractivity contribution in [1.29, 1.82) is 0 Å². The quantitative estimate of drug-likeness (QED) is 0.450. The van der Waals surface area contributed by atoms with E-state index >= 15 is 0 Å². The summed E-state index contributed by atoms with van der Waals surface area (Å²) in [4.78, 5) is 6.25. The molecule has 14 heavy (non-hydrogen) atoms. The molecule has 0 fully saturated rings. The molecule has 0 bridgehead atoms. The Bertz CT molecular complexity index is 307. The topological polar surface area (TPSA) is 41.6 Å². The van der Waals surface area contributed by atoms with Crippen LogP contribution in [0, 0.1) is 0 Å². The highest BCUT2D eigenvalue weighted by Gasteiger charge is 2.03. The summed E-state index contributed by atoms with van der Waals surface area (Å²) in [6.45, 7) is 5.76. The van der Waals surface area contributed by atoms with Crippen LogP contribution < -0.4 is 10.6 Å². The maximum atomic E-state index is 5.87. The number of benzene rings is 1. The largest absolute Gasteiger partial charge is 0.397 e. The van der Waals surface area contributed by atoms with Crippen LogP contribution in [-0.2, 0) is 0 Å². The smallest absolute Gasteiger partial charge is 0.0894 e. The van der Waals surface area contributed by atoms with Gasteiger partial charge in [-0.2, -0.15) is 0 Å². The van der Waals surface area contributed by atoms with E-state index in [1.807, 2.05) is 42.4 Å². The Hall–Kier alpha value is -1.51. The van der Waals surface area contributed by atoms with Gasteiger partial charge in [0.2, 0.25) is 0 Å². The van der Waals surface area contributed by atoms with E-state index in [1.165, 1.54) is 0 Å². The molecule has 0 unspecified atom stereocenters. The molecule has 76 valence electrons. The second kappa shape index (κ2) is 5.27. The number of nitrogens with zero attached hydrogens (tertiary/aromatic N) is 2. The van der Waals surface area contributed by atoms with Crippen LogP contribution in [-0.4, -0.2) is 19.4 Å². The Labute approximate surface area is 85.3 Å². The predicted molar refractivity (Wildman–Crippen MR) is 62.9 cm³/mol. The third-order valence-electron chi connectivity index (χ3n) is 1.99. The van der Waals surface area contributed by atoms with E-state index in [-0.39, 0.29) is 0 Å². The molecular weight excluding hydrogens is 174 g/mol. The fraction of sp³-hybridized carbons (Fsp3) is 0.364. The van der Waals surface area contributed by atoms with E-state index in [2.05, 4.69) is 11.9 Å². The van der Waals surface area contributed by atoms with Gasteiger partial charge in [0.15, 0.2) is 0 Å². The van der Waals surface area contributed by atoms with Gasteiger partial charge in [-0.15, -0.1) is 0 Å². The standard InChI is InChI=1S/C11H17N3/c1-3-13-9-14(4-2)11-8-6-5-7-10(11)12/h5-9H,3-4,12H2,1-2H3. The van der Waals surface area contributed by atoms with Gasteiger partial charge in [0, 0.05) is 13.1 Å². The minimum atomic E-state index is 0.789. The van der Waals surface area contributed by atoms with Crippen molar-refractivity contribution in [2.45, 2.75) is 13.8 Å². The number of anilines is 2. The van der Waals surface area contributed by atoms with Crippen molar-refractivity contribution in [3.8, 4) is 0 Å². The van der Waals surface area contributed by atoms with Crippen molar-refractivity contribution in [3.05, 3.63) is 24.3 Å². The normalized spacial score (nSPS) is 10.7. The average Bonchev–Trinajstić information content (AvgIpc) is 2.21. The number of para-hydroxylation sites is 2. The first-order valence-corrected chi connectivity index (χ1v) is 4.90. The van der Waals surface area contributed by atoms with Gasteiger partial charge in [-0.1, -0.05) is 12.1 Å². The lowest BCUT2D eigenvalue weighted by Crippen LogP contribution is -2.21. The number of hydrogen-bond donors (Lipinski definition) is 1. The Morgan fingerprint density at radius 2 is 2.07 bits per heavy atom. The average molecular weight is 191 g/mol. The van der Waals surface area contributed by atoms with E-state index < -0.39 is 0 Å². The van der Waals surface area contributed by atoms with E-state index in [0.29, 0.717) is 0 Å². The van der Waals surface area contributed by atoms with Gasteiger partial charge in [-0.05, 0) is 26.0 Å². The summed E-state index contributed by atoms with van der Waals surface area (Å²) in [7, 11) is 0. The minimum Gasteiger partial charge on any atom is -0.397 e. The highest BCUT2D eigenvalue weighted by molar-refractivity contribution is 5.84. The minimum absolute atomic E-state index is 0.789. The number of hydrogen-bond acceptors (Lipinski definition) is 2. The highest BCUT2D eigenvalue weighted by atomic mass is 15.2. The van der Waals surface area contributed by atoms with Crippen LogP contribution in [0.2, 0.25) is 0 Å². The van der Waals surface area contributed by atoms with E-state index in [9.17, 15) is 0 Å². The summed E-state index contributed by atoms with van der Waals surface area (Å²) in [5.41, 5.74) is 7.67. The SMILES string of the molecule is CCN=CN(CC)c1ccccc1N. The van der Waals surface area contributed by atoms with Gasteiger partial charge >= 0.3 is 0 Å². The lowest BCUT2D eigenvalue weighted by molar-refractivity contribution is 1.05. The van der Waals surface area contributed by atoms with Crippen molar-refractivity contribution in [3.63, 3.8) is 0 Å². The predicted octanol–water partition coefficient (Wildman–Crippen LogP) is 2.14. The van der Waals surface area contributed by atoms with Crippen LogP contribution in [0.4, 0.5) is 11.4 Å².